The summed E-state index contributed by atoms with van der Waals surface area (Å²) in [4.78, 5) is 22.5. The number of carboxylic acid groups (broad SMARTS) is 1. The van der Waals surface area contributed by atoms with E-state index in [-0.39, 0.29) is 6.54 Å². The van der Waals surface area contributed by atoms with E-state index in [4.69, 9.17) is 5.11 Å². The number of amides is 2. The number of carbonyl (C=O) groups excluding carboxylic acids is 1. The van der Waals surface area contributed by atoms with Crippen molar-refractivity contribution in [2.75, 3.05) is 20.1 Å². The molecule has 0 aliphatic rings. The summed E-state index contributed by atoms with van der Waals surface area (Å²) in [5, 5.41) is 10.8. The van der Waals surface area contributed by atoms with Crippen LogP contribution in [-0.2, 0) is 4.79 Å². The third-order valence-electron chi connectivity index (χ3n) is 2.06. The number of hydrogen-bond donors (Lipinski definition) is 2. The summed E-state index contributed by atoms with van der Waals surface area (Å²) >= 11 is 0. The van der Waals surface area contributed by atoms with Gasteiger partial charge < -0.3 is 15.3 Å². The minimum atomic E-state index is -4.32. The molecule has 0 spiro atoms. The second-order valence-corrected chi connectivity index (χ2v) is 3.71. The van der Waals surface area contributed by atoms with E-state index < -0.39 is 37.1 Å². The Kier molecular flexibility index (Phi) is 5.77. The van der Waals surface area contributed by atoms with Crippen LogP contribution in [0.15, 0.2) is 0 Å². The summed E-state index contributed by atoms with van der Waals surface area (Å²) in [5.41, 5.74) is 0. The highest BCUT2D eigenvalue weighted by molar-refractivity contribution is 5.75. The van der Waals surface area contributed by atoms with Gasteiger partial charge in [-0.05, 0) is 0 Å². The Morgan fingerprint density at radius 2 is 1.94 bits per heavy atom. The summed E-state index contributed by atoms with van der Waals surface area (Å²) in [6.45, 7) is 0.805. The lowest BCUT2D eigenvalue weighted by atomic mass is 10.2. The second-order valence-electron chi connectivity index (χ2n) is 3.71. The third kappa shape index (κ3) is 7.42. The zero-order valence-electron chi connectivity index (χ0n) is 9.54. The van der Waals surface area contributed by atoms with Crippen molar-refractivity contribution in [3.63, 3.8) is 0 Å². The van der Waals surface area contributed by atoms with Crippen molar-refractivity contribution in [2.45, 2.75) is 19.5 Å². The Balaban J connectivity index is 3.94. The first kappa shape index (κ1) is 15.5. The fourth-order valence-corrected chi connectivity index (χ4v) is 0.859. The molecule has 17 heavy (non-hydrogen) atoms. The van der Waals surface area contributed by atoms with Gasteiger partial charge in [0.2, 0.25) is 0 Å². The van der Waals surface area contributed by atoms with Crippen LogP contribution in [0, 0.1) is 5.92 Å². The maximum Gasteiger partial charge on any atom is 0.390 e. The second kappa shape index (κ2) is 6.31. The lowest BCUT2D eigenvalue weighted by Gasteiger charge is -2.19. The number of carbonyl (C=O) groups is 2. The first-order chi connectivity index (χ1) is 7.63. The van der Waals surface area contributed by atoms with Gasteiger partial charge in [-0.15, -0.1) is 0 Å². The van der Waals surface area contributed by atoms with E-state index in [0.717, 1.165) is 4.90 Å². The molecule has 0 aromatic rings. The number of aliphatic carboxylic acids is 1. The normalized spacial score (nSPS) is 13.0. The van der Waals surface area contributed by atoms with Gasteiger partial charge in [0, 0.05) is 20.1 Å². The van der Waals surface area contributed by atoms with Crippen LogP contribution in [0.2, 0.25) is 0 Å². The van der Waals surface area contributed by atoms with E-state index in [9.17, 15) is 22.8 Å². The van der Waals surface area contributed by atoms with Crippen molar-refractivity contribution in [3.8, 4) is 0 Å². The molecule has 0 heterocycles. The van der Waals surface area contributed by atoms with E-state index in [1.165, 1.54) is 14.0 Å². The molecular weight excluding hydrogens is 241 g/mol. The van der Waals surface area contributed by atoms with Gasteiger partial charge in [-0.25, -0.2) is 4.79 Å². The van der Waals surface area contributed by atoms with Crippen LogP contribution >= 0.6 is 0 Å². The third-order valence-corrected chi connectivity index (χ3v) is 2.06. The van der Waals surface area contributed by atoms with Gasteiger partial charge in [0.15, 0.2) is 0 Å². The predicted molar refractivity (Wildman–Crippen MR) is 53.5 cm³/mol. The largest absolute Gasteiger partial charge is 0.481 e. The van der Waals surface area contributed by atoms with Crippen LogP contribution in [0.4, 0.5) is 18.0 Å². The lowest BCUT2D eigenvalue weighted by molar-refractivity contribution is -0.140. The molecule has 2 amide bonds. The van der Waals surface area contributed by atoms with Crippen molar-refractivity contribution >= 4 is 12.0 Å². The SMILES string of the molecule is CC(CNC(=O)N(C)CCC(F)(F)F)C(=O)O. The molecule has 1 unspecified atom stereocenters. The molecule has 8 heteroatoms. The van der Waals surface area contributed by atoms with E-state index in [2.05, 4.69) is 5.32 Å². The summed E-state index contributed by atoms with van der Waals surface area (Å²) in [5.74, 6) is -1.86. The molecule has 0 saturated heterocycles. The Labute approximate surface area is 96.6 Å². The highest BCUT2D eigenvalue weighted by Gasteiger charge is 2.28. The molecule has 1 atom stereocenters. The van der Waals surface area contributed by atoms with Gasteiger partial charge in [-0.2, -0.15) is 13.2 Å². The van der Waals surface area contributed by atoms with Crippen LogP contribution in [-0.4, -0.2) is 48.3 Å². The number of halogens is 3. The number of hydrogen-bond acceptors (Lipinski definition) is 2. The quantitative estimate of drug-likeness (QED) is 0.779. The standard InChI is InChI=1S/C9H15F3N2O3/c1-6(7(15)16)5-13-8(17)14(2)4-3-9(10,11)12/h6H,3-5H2,1-2H3,(H,13,17)(H,15,16). The van der Waals surface area contributed by atoms with Gasteiger partial charge in [0.25, 0.3) is 0 Å². The molecular formula is C9H15F3N2O3. The Hall–Kier alpha value is -1.47. The molecule has 0 aliphatic carbocycles. The molecule has 0 saturated carbocycles. The van der Waals surface area contributed by atoms with Gasteiger partial charge in [0.1, 0.15) is 0 Å². The first-order valence-corrected chi connectivity index (χ1v) is 4.92. The summed E-state index contributed by atoms with van der Waals surface area (Å²) in [7, 11) is 1.21. The number of rotatable bonds is 5. The molecule has 0 rings (SSSR count). The van der Waals surface area contributed by atoms with Gasteiger partial charge in [0.05, 0.1) is 12.3 Å². The van der Waals surface area contributed by atoms with Gasteiger partial charge in [-0.3, -0.25) is 4.79 Å². The van der Waals surface area contributed by atoms with Crippen molar-refractivity contribution in [3.05, 3.63) is 0 Å². The summed E-state index contributed by atoms with van der Waals surface area (Å²) < 4.78 is 35.6. The Morgan fingerprint density at radius 3 is 2.35 bits per heavy atom. The van der Waals surface area contributed by atoms with Crippen molar-refractivity contribution < 1.29 is 27.9 Å². The number of nitrogens with one attached hydrogen (secondary N) is 1. The molecule has 0 aromatic heterocycles. The molecule has 5 nitrogen and oxygen atoms in total. The predicted octanol–water partition coefficient (Wildman–Crippen LogP) is 1.30. The molecule has 2 N–H and O–H groups in total. The monoisotopic (exact) mass is 256 g/mol. The van der Waals surface area contributed by atoms with E-state index in [0.29, 0.717) is 0 Å². The van der Waals surface area contributed by atoms with E-state index in [1.54, 1.807) is 0 Å². The maximum absolute atomic E-state index is 11.9. The maximum atomic E-state index is 11.9. The topological polar surface area (TPSA) is 69.6 Å². The van der Waals surface area contributed by atoms with Crippen LogP contribution in [0.5, 0.6) is 0 Å². The Bertz CT molecular complexity index is 281. The highest BCUT2D eigenvalue weighted by Crippen LogP contribution is 2.19. The van der Waals surface area contributed by atoms with Crippen LogP contribution in [0.1, 0.15) is 13.3 Å². The zero-order valence-corrected chi connectivity index (χ0v) is 9.54. The minimum absolute atomic E-state index is 0.121. The smallest absolute Gasteiger partial charge is 0.390 e. The zero-order chi connectivity index (χ0) is 13.6. The number of urea groups is 1. The highest BCUT2D eigenvalue weighted by atomic mass is 19.4. The number of nitrogens with zero attached hydrogens (tertiary/aromatic N) is 1. The molecule has 0 radical (unpaired) electrons. The fourth-order valence-electron chi connectivity index (χ4n) is 0.859. The molecule has 100 valence electrons. The minimum Gasteiger partial charge on any atom is -0.481 e. The number of carboxylic acids is 1. The van der Waals surface area contributed by atoms with Crippen LogP contribution in [0.3, 0.4) is 0 Å². The average molecular weight is 256 g/mol. The summed E-state index contributed by atoms with van der Waals surface area (Å²) in [6.07, 6.45) is -5.41. The van der Waals surface area contributed by atoms with Crippen molar-refractivity contribution in [1.29, 1.82) is 0 Å². The molecule has 0 fully saturated rings. The van der Waals surface area contributed by atoms with Crippen LogP contribution < -0.4 is 5.32 Å². The van der Waals surface area contributed by atoms with Crippen LogP contribution in [0.25, 0.3) is 0 Å². The van der Waals surface area contributed by atoms with Crippen molar-refractivity contribution in [1.82, 2.24) is 10.2 Å². The average Bonchev–Trinajstić information content (AvgIpc) is 2.20. The van der Waals surface area contributed by atoms with Gasteiger partial charge in [-0.1, -0.05) is 6.92 Å². The molecule has 0 aliphatic heterocycles. The molecule has 0 aromatic carbocycles. The van der Waals surface area contributed by atoms with E-state index in [1.807, 2.05) is 0 Å². The first-order valence-electron chi connectivity index (χ1n) is 4.92. The Morgan fingerprint density at radius 1 is 1.41 bits per heavy atom. The van der Waals surface area contributed by atoms with E-state index >= 15 is 0 Å². The fraction of sp³-hybridized carbons (Fsp3) is 0.778. The van der Waals surface area contributed by atoms with Gasteiger partial charge >= 0.3 is 18.2 Å². The summed E-state index contributed by atoms with van der Waals surface area (Å²) in [6, 6.07) is -0.720. The molecule has 0 bridgehead atoms. The van der Waals surface area contributed by atoms with Crippen molar-refractivity contribution in [2.24, 2.45) is 5.92 Å². The lowest BCUT2D eigenvalue weighted by Crippen LogP contribution is -2.41. The number of alkyl halides is 3.